The monoisotopic (exact) mass is 362 g/mol. The van der Waals surface area contributed by atoms with Crippen LogP contribution in [0.4, 0.5) is 4.39 Å². The number of allylic oxidation sites excluding steroid dienone is 4. The zero-order valence-corrected chi connectivity index (χ0v) is 15.8. The first-order valence-electron chi connectivity index (χ1n) is 10.1. The van der Waals surface area contributed by atoms with Gasteiger partial charge in [0.05, 0.1) is 11.6 Å². The fourth-order valence-electron chi connectivity index (χ4n) is 4.90. The summed E-state index contributed by atoms with van der Waals surface area (Å²) in [5, 5.41) is 17.4. The van der Waals surface area contributed by atoms with Crippen LogP contribution in [0.2, 0.25) is 0 Å². The maximum absolute atomic E-state index is 12.8. The van der Waals surface area contributed by atoms with Gasteiger partial charge < -0.3 is 0 Å². The van der Waals surface area contributed by atoms with E-state index >= 15 is 0 Å². The maximum Gasteiger partial charge on any atom is 0.199 e. The van der Waals surface area contributed by atoms with Gasteiger partial charge >= 0.3 is 0 Å². The number of nitrogens with zero attached hydrogens (tertiary/aromatic N) is 2. The van der Waals surface area contributed by atoms with Crippen LogP contribution in [-0.2, 0) is 0 Å². The van der Waals surface area contributed by atoms with E-state index in [1.165, 1.54) is 69.1 Å². The van der Waals surface area contributed by atoms with E-state index in [-0.39, 0.29) is 0 Å². The van der Waals surface area contributed by atoms with Crippen molar-refractivity contribution in [3.05, 3.63) is 59.4 Å². The highest BCUT2D eigenvalue weighted by atomic mass is 19.1. The zero-order valence-electron chi connectivity index (χ0n) is 15.8. The molecule has 0 N–H and O–H groups in total. The minimum Gasteiger partial charge on any atom is -0.195 e. The molecular formula is C24H27FN2. The van der Waals surface area contributed by atoms with Gasteiger partial charge in [0.25, 0.3) is 0 Å². The second-order valence-corrected chi connectivity index (χ2v) is 8.03. The number of hydrogen-bond acceptors (Lipinski definition) is 2. The van der Waals surface area contributed by atoms with Gasteiger partial charge in [-0.1, -0.05) is 24.3 Å². The fourth-order valence-corrected chi connectivity index (χ4v) is 4.90. The van der Waals surface area contributed by atoms with Crippen molar-refractivity contribution in [2.75, 3.05) is 0 Å². The van der Waals surface area contributed by atoms with Gasteiger partial charge in [-0.2, -0.15) is 14.9 Å². The molecule has 27 heavy (non-hydrogen) atoms. The van der Waals surface area contributed by atoms with E-state index in [0.29, 0.717) is 11.8 Å². The summed E-state index contributed by atoms with van der Waals surface area (Å²) < 4.78 is 12.8. The molecule has 2 aliphatic carbocycles. The minimum absolute atomic E-state index is 0.527. The smallest absolute Gasteiger partial charge is 0.195 e. The lowest BCUT2D eigenvalue weighted by atomic mass is 9.68. The van der Waals surface area contributed by atoms with Crippen molar-refractivity contribution >= 4 is 0 Å². The van der Waals surface area contributed by atoms with Crippen LogP contribution in [0, 0.1) is 40.4 Å². The van der Waals surface area contributed by atoms with Crippen LogP contribution in [-0.4, -0.2) is 0 Å². The maximum atomic E-state index is 12.8. The molecule has 1 aromatic carbocycles. The molecule has 1 aromatic rings. The van der Waals surface area contributed by atoms with Crippen molar-refractivity contribution < 1.29 is 4.39 Å². The van der Waals surface area contributed by atoms with Crippen molar-refractivity contribution in [2.45, 2.75) is 57.3 Å². The van der Waals surface area contributed by atoms with E-state index < -0.39 is 5.83 Å². The van der Waals surface area contributed by atoms with E-state index in [9.17, 15) is 4.39 Å². The summed E-state index contributed by atoms with van der Waals surface area (Å²) in [6, 6.07) is 11.8. The zero-order chi connectivity index (χ0) is 19.1. The predicted octanol–water partition coefficient (Wildman–Crippen LogP) is 6.57. The number of nitriles is 2. The molecule has 0 spiro atoms. The Labute approximate surface area is 162 Å². The Morgan fingerprint density at radius 2 is 1.48 bits per heavy atom. The number of benzene rings is 1. The molecule has 2 aliphatic rings. The van der Waals surface area contributed by atoms with Gasteiger partial charge in [-0.3, -0.25) is 0 Å². The Hall–Kier alpha value is -2.39. The molecular weight excluding hydrogens is 335 g/mol. The second kappa shape index (κ2) is 9.52. The van der Waals surface area contributed by atoms with Crippen LogP contribution in [0.15, 0.2) is 48.3 Å². The lowest BCUT2D eigenvalue weighted by Gasteiger charge is -2.37. The van der Waals surface area contributed by atoms with Crippen LogP contribution in [0.25, 0.3) is 0 Å². The van der Waals surface area contributed by atoms with E-state index in [4.69, 9.17) is 10.5 Å². The van der Waals surface area contributed by atoms with Gasteiger partial charge in [0.1, 0.15) is 6.07 Å². The molecule has 3 heteroatoms. The average Bonchev–Trinajstić information content (AvgIpc) is 2.74. The molecule has 0 saturated heterocycles. The summed E-state index contributed by atoms with van der Waals surface area (Å²) in [5.74, 6) is 2.14. The Kier molecular flexibility index (Phi) is 6.83. The molecule has 0 unspecified atom stereocenters. The third-order valence-corrected chi connectivity index (χ3v) is 6.50. The Morgan fingerprint density at radius 1 is 0.889 bits per heavy atom. The van der Waals surface area contributed by atoms with Gasteiger partial charge in [0, 0.05) is 0 Å². The van der Waals surface area contributed by atoms with Crippen LogP contribution >= 0.6 is 0 Å². The van der Waals surface area contributed by atoms with Gasteiger partial charge in [0.15, 0.2) is 5.83 Å². The summed E-state index contributed by atoms with van der Waals surface area (Å²) in [6.07, 6.45) is 15.1. The van der Waals surface area contributed by atoms with E-state index in [0.717, 1.165) is 17.4 Å². The summed E-state index contributed by atoms with van der Waals surface area (Å²) >= 11 is 0. The quantitative estimate of drug-likeness (QED) is 0.449. The van der Waals surface area contributed by atoms with Gasteiger partial charge in [0.2, 0.25) is 0 Å². The highest BCUT2D eigenvalue weighted by Gasteiger charge is 2.30. The molecule has 0 atom stereocenters. The van der Waals surface area contributed by atoms with Crippen molar-refractivity contribution in [1.29, 1.82) is 10.5 Å². The van der Waals surface area contributed by atoms with Crippen molar-refractivity contribution in [1.82, 2.24) is 0 Å². The molecule has 0 amide bonds. The predicted molar refractivity (Wildman–Crippen MR) is 105 cm³/mol. The normalized spacial score (nSPS) is 29.2. The summed E-state index contributed by atoms with van der Waals surface area (Å²) in [7, 11) is 0. The van der Waals surface area contributed by atoms with E-state index in [2.05, 4.69) is 24.3 Å². The minimum atomic E-state index is -0.723. The Bertz CT molecular complexity index is 747. The lowest BCUT2D eigenvalue weighted by Crippen LogP contribution is -2.25. The fraction of sp³-hybridized carbons (Fsp3) is 0.500. The van der Waals surface area contributed by atoms with E-state index in [1.54, 1.807) is 6.08 Å². The van der Waals surface area contributed by atoms with E-state index in [1.807, 2.05) is 12.1 Å². The largest absolute Gasteiger partial charge is 0.199 e. The molecule has 2 fully saturated rings. The lowest BCUT2D eigenvalue weighted by molar-refractivity contribution is 0.171. The van der Waals surface area contributed by atoms with Gasteiger partial charge in [-0.15, -0.1) is 0 Å². The van der Waals surface area contributed by atoms with Crippen LogP contribution in [0.3, 0.4) is 0 Å². The van der Waals surface area contributed by atoms with Crippen molar-refractivity contribution in [3.8, 4) is 12.1 Å². The Balaban J connectivity index is 1.44. The highest BCUT2D eigenvalue weighted by Crippen LogP contribution is 2.44. The summed E-state index contributed by atoms with van der Waals surface area (Å²) in [4.78, 5) is 0. The molecule has 0 bridgehead atoms. The SMILES string of the molecule is N#C/C(F)=C/C=C/C1CCC(C2CCC(c3ccc(C#N)cc3)CC2)CC1. The molecule has 0 aliphatic heterocycles. The molecule has 140 valence electrons. The van der Waals surface area contributed by atoms with Gasteiger partial charge in [-0.25, -0.2) is 0 Å². The van der Waals surface area contributed by atoms with Gasteiger partial charge in [-0.05, 0) is 98.8 Å². The summed E-state index contributed by atoms with van der Waals surface area (Å²) in [5.41, 5.74) is 2.13. The third-order valence-electron chi connectivity index (χ3n) is 6.50. The molecule has 0 radical (unpaired) electrons. The molecule has 2 nitrogen and oxygen atoms in total. The molecule has 0 heterocycles. The molecule has 0 aromatic heterocycles. The standard InChI is InChI=1S/C24H27FN2/c25-24(17-27)3-1-2-18-4-8-20(9-5-18)22-12-14-23(15-13-22)21-10-6-19(16-26)7-11-21/h1-3,6-7,10-11,18,20,22-23H,4-5,8-9,12-15H2/b2-1+,24-3-. The first-order valence-corrected chi connectivity index (χ1v) is 10.1. The third kappa shape index (κ3) is 5.30. The first-order chi connectivity index (χ1) is 13.2. The second-order valence-electron chi connectivity index (χ2n) is 8.03. The number of rotatable bonds is 4. The molecule has 3 rings (SSSR count). The van der Waals surface area contributed by atoms with Crippen LogP contribution in [0.1, 0.15) is 68.4 Å². The number of halogens is 1. The van der Waals surface area contributed by atoms with Crippen LogP contribution < -0.4 is 0 Å². The highest BCUT2D eigenvalue weighted by molar-refractivity contribution is 5.33. The molecule has 2 saturated carbocycles. The number of hydrogen-bond donors (Lipinski definition) is 0. The average molecular weight is 362 g/mol. The first kappa shape index (κ1) is 19.4. The van der Waals surface area contributed by atoms with Crippen molar-refractivity contribution in [3.63, 3.8) is 0 Å². The topological polar surface area (TPSA) is 47.6 Å². The summed E-state index contributed by atoms with van der Waals surface area (Å²) in [6.45, 7) is 0. The van der Waals surface area contributed by atoms with Crippen molar-refractivity contribution in [2.24, 2.45) is 17.8 Å². The Morgan fingerprint density at radius 3 is 2.04 bits per heavy atom. The van der Waals surface area contributed by atoms with Crippen LogP contribution in [0.5, 0.6) is 0 Å².